The molecule has 0 amide bonds. The van der Waals surface area contributed by atoms with E-state index < -0.39 is 15.4 Å². The largest absolute Gasteiger partial charge is 0.243 e. The highest BCUT2D eigenvalue weighted by molar-refractivity contribution is 7.89. The standard InChI is InChI=1S/C38H35NO2S/c1-30-22-25-36(26-23-30)42(40,41)39-29-38(33-18-10-4-11-19-33,34-20-12-5-13-21-34)28-35(39)24-27-37(31-14-6-2-7-15-31)32-16-8-3-9-17-32/h2-23,25-27,35H,24,28-29H2,1H3/t35-/m1/s1. The lowest BCUT2D eigenvalue weighted by atomic mass is 9.72. The average molecular weight is 570 g/mol. The first kappa shape index (κ1) is 27.9. The molecule has 6 rings (SSSR count). The number of benzene rings is 5. The number of rotatable bonds is 8. The quantitative estimate of drug-likeness (QED) is 0.189. The van der Waals surface area contributed by atoms with Crippen molar-refractivity contribution in [3.05, 3.63) is 179 Å². The van der Waals surface area contributed by atoms with Crippen LogP contribution in [0, 0.1) is 6.92 Å². The minimum atomic E-state index is -3.76. The second-order valence-corrected chi connectivity index (χ2v) is 13.0. The first-order chi connectivity index (χ1) is 20.5. The lowest BCUT2D eigenvalue weighted by molar-refractivity contribution is 0.387. The molecule has 1 atom stereocenters. The van der Waals surface area contributed by atoms with Crippen LogP contribution in [0.4, 0.5) is 0 Å². The van der Waals surface area contributed by atoms with E-state index >= 15 is 0 Å². The lowest BCUT2D eigenvalue weighted by Gasteiger charge is -2.30. The maximum Gasteiger partial charge on any atom is 0.243 e. The van der Waals surface area contributed by atoms with Gasteiger partial charge in [0.05, 0.1) is 4.90 Å². The summed E-state index contributed by atoms with van der Waals surface area (Å²) in [6, 6.07) is 48.5. The van der Waals surface area contributed by atoms with Crippen LogP contribution in [-0.4, -0.2) is 25.3 Å². The van der Waals surface area contributed by atoms with E-state index in [2.05, 4.69) is 78.9 Å². The molecule has 3 nitrogen and oxygen atoms in total. The first-order valence-corrected chi connectivity index (χ1v) is 15.9. The van der Waals surface area contributed by atoms with E-state index in [-0.39, 0.29) is 6.04 Å². The van der Waals surface area contributed by atoms with E-state index in [1.807, 2.05) is 67.6 Å². The van der Waals surface area contributed by atoms with Crippen LogP contribution in [0.1, 0.15) is 40.7 Å². The highest BCUT2D eigenvalue weighted by atomic mass is 32.2. The van der Waals surface area contributed by atoms with Crippen molar-refractivity contribution in [1.82, 2.24) is 4.31 Å². The van der Waals surface area contributed by atoms with Gasteiger partial charge in [-0.25, -0.2) is 8.42 Å². The Kier molecular flexibility index (Phi) is 7.92. The van der Waals surface area contributed by atoms with Gasteiger partial charge >= 0.3 is 0 Å². The van der Waals surface area contributed by atoms with Crippen molar-refractivity contribution in [1.29, 1.82) is 0 Å². The Morgan fingerprint density at radius 1 is 0.690 bits per heavy atom. The van der Waals surface area contributed by atoms with Gasteiger partial charge in [-0.15, -0.1) is 0 Å². The number of sulfonamides is 1. The summed E-state index contributed by atoms with van der Waals surface area (Å²) >= 11 is 0. The average Bonchev–Trinajstić information content (AvgIpc) is 3.45. The van der Waals surface area contributed by atoms with Crippen LogP contribution in [0.15, 0.2) is 157 Å². The zero-order valence-corrected chi connectivity index (χ0v) is 24.6. The van der Waals surface area contributed by atoms with Crippen LogP contribution in [-0.2, 0) is 15.4 Å². The van der Waals surface area contributed by atoms with Gasteiger partial charge in [0.2, 0.25) is 10.0 Å². The van der Waals surface area contributed by atoms with Crippen LogP contribution in [0.25, 0.3) is 5.57 Å². The predicted octanol–water partition coefficient (Wildman–Crippen LogP) is 8.27. The Morgan fingerprint density at radius 2 is 1.14 bits per heavy atom. The van der Waals surface area contributed by atoms with Gasteiger partial charge in [0, 0.05) is 18.0 Å². The molecule has 42 heavy (non-hydrogen) atoms. The van der Waals surface area contributed by atoms with Crippen LogP contribution < -0.4 is 0 Å². The van der Waals surface area contributed by atoms with Crippen molar-refractivity contribution >= 4 is 15.6 Å². The van der Waals surface area contributed by atoms with Crippen molar-refractivity contribution in [2.75, 3.05) is 6.54 Å². The summed E-state index contributed by atoms with van der Waals surface area (Å²) in [4.78, 5) is 0.338. The van der Waals surface area contributed by atoms with Gasteiger partial charge < -0.3 is 0 Å². The summed E-state index contributed by atoms with van der Waals surface area (Å²) in [6.45, 7) is 2.35. The van der Waals surface area contributed by atoms with Gasteiger partial charge in [0.25, 0.3) is 0 Å². The van der Waals surface area contributed by atoms with Crippen LogP contribution in [0.3, 0.4) is 0 Å². The zero-order chi connectivity index (χ0) is 29.0. The molecule has 0 radical (unpaired) electrons. The second-order valence-electron chi connectivity index (χ2n) is 11.1. The highest BCUT2D eigenvalue weighted by Crippen LogP contribution is 2.46. The summed E-state index contributed by atoms with van der Waals surface area (Å²) in [5.41, 5.74) is 6.18. The Hall–Kier alpha value is -4.25. The molecule has 4 heteroatoms. The van der Waals surface area contributed by atoms with E-state index in [0.717, 1.165) is 33.4 Å². The molecule has 1 aliphatic rings. The fraction of sp³-hybridized carbons (Fsp3) is 0.158. The van der Waals surface area contributed by atoms with Crippen molar-refractivity contribution in [2.24, 2.45) is 0 Å². The van der Waals surface area contributed by atoms with Gasteiger partial charge in [0.1, 0.15) is 0 Å². The van der Waals surface area contributed by atoms with E-state index in [1.54, 1.807) is 16.4 Å². The van der Waals surface area contributed by atoms with Crippen LogP contribution in [0.2, 0.25) is 0 Å². The van der Waals surface area contributed by atoms with E-state index in [9.17, 15) is 8.42 Å². The number of nitrogens with zero attached hydrogens (tertiary/aromatic N) is 1. The van der Waals surface area contributed by atoms with Gasteiger partial charge in [-0.2, -0.15) is 4.31 Å². The zero-order valence-electron chi connectivity index (χ0n) is 23.8. The number of hydrogen-bond acceptors (Lipinski definition) is 2. The van der Waals surface area contributed by atoms with Crippen LogP contribution >= 0.6 is 0 Å². The summed E-state index contributed by atoms with van der Waals surface area (Å²) in [6.07, 6.45) is 3.50. The molecule has 0 bridgehead atoms. The molecule has 1 aliphatic heterocycles. The van der Waals surface area contributed by atoms with Crippen molar-refractivity contribution in [3.63, 3.8) is 0 Å². The molecule has 0 spiro atoms. The van der Waals surface area contributed by atoms with E-state index in [0.29, 0.717) is 24.3 Å². The van der Waals surface area contributed by atoms with Crippen LogP contribution in [0.5, 0.6) is 0 Å². The summed E-state index contributed by atoms with van der Waals surface area (Å²) in [7, 11) is -3.76. The van der Waals surface area contributed by atoms with Crippen molar-refractivity contribution in [3.8, 4) is 0 Å². The molecule has 0 aliphatic carbocycles. The van der Waals surface area contributed by atoms with Crippen molar-refractivity contribution < 1.29 is 8.42 Å². The molecular weight excluding hydrogens is 534 g/mol. The van der Waals surface area contributed by atoms with E-state index in [1.165, 1.54) is 0 Å². The Balaban J connectivity index is 1.48. The third-order valence-corrected chi connectivity index (χ3v) is 10.4. The topological polar surface area (TPSA) is 37.4 Å². The summed E-state index contributed by atoms with van der Waals surface area (Å²) < 4.78 is 30.6. The maximum atomic E-state index is 14.4. The second kappa shape index (κ2) is 11.9. The highest BCUT2D eigenvalue weighted by Gasteiger charge is 2.50. The molecule has 1 saturated heterocycles. The molecule has 210 valence electrons. The van der Waals surface area contributed by atoms with Gasteiger partial charge in [0.15, 0.2) is 0 Å². The first-order valence-electron chi connectivity index (χ1n) is 14.5. The fourth-order valence-electron chi connectivity index (χ4n) is 6.28. The number of hydrogen-bond donors (Lipinski definition) is 0. The minimum Gasteiger partial charge on any atom is -0.207 e. The summed E-state index contributed by atoms with van der Waals surface area (Å²) in [5.74, 6) is 0. The molecule has 5 aromatic carbocycles. The predicted molar refractivity (Wildman–Crippen MR) is 172 cm³/mol. The molecule has 1 fully saturated rings. The smallest absolute Gasteiger partial charge is 0.207 e. The molecule has 0 aromatic heterocycles. The number of aryl methyl sites for hydroxylation is 1. The Morgan fingerprint density at radius 3 is 1.62 bits per heavy atom. The van der Waals surface area contributed by atoms with Gasteiger partial charge in [-0.05, 0) is 59.7 Å². The summed E-state index contributed by atoms with van der Waals surface area (Å²) in [5, 5.41) is 0. The third-order valence-electron chi connectivity index (χ3n) is 8.46. The lowest BCUT2D eigenvalue weighted by Crippen LogP contribution is -2.37. The normalized spacial score (nSPS) is 16.6. The molecule has 5 aromatic rings. The molecule has 1 heterocycles. The minimum absolute atomic E-state index is 0.237. The molecule has 0 unspecified atom stereocenters. The maximum absolute atomic E-state index is 14.4. The molecular formula is C38H35NO2S. The Labute approximate surface area is 249 Å². The molecule has 0 saturated carbocycles. The molecule has 0 N–H and O–H groups in total. The fourth-order valence-corrected chi connectivity index (χ4v) is 7.98. The SMILES string of the molecule is Cc1ccc(S(=O)(=O)N2CC(c3ccccc3)(c3ccccc3)C[C@H]2CC=C(c2ccccc2)c2ccccc2)cc1. The monoisotopic (exact) mass is 569 g/mol. The van der Waals surface area contributed by atoms with Gasteiger partial charge in [-0.1, -0.05) is 145 Å². The Bertz CT molecular complexity index is 1670. The van der Waals surface area contributed by atoms with Gasteiger partial charge in [-0.3, -0.25) is 0 Å². The third kappa shape index (κ3) is 5.48. The van der Waals surface area contributed by atoms with E-state index in [4.69, 9.17) is 0 Å². The van der Waals surface area contributed by atoms with Crippen molar-refractivity contribution in [2.45, 2.75) is 36.1 Å².